The van der Waals surface area contributed by atoms with Crippen molar-refractivity contribution in [3.63, 3.8) is 0 Å². The van der Waals surface area contributed by atoms with Crippen molar-refractivity contribution in [1.29, 1.82) is 0 Å². The van der Waals surface area contributed by atoms with E-state index in [1.54, 1.807) is 30.8 Å². The van der Waals surface area contributed by atoms with Gasteiger partial charge in [0, 0.05) is 12.2 Å². The van der Waals surface area contributed by atoms with Gasteiger partial charge < -0.3 is 10.1 Å². The highest BCUT2D eigenvalue weighted by Gasteiger charge is 2.49. The minimum atomic E-state index is -1.34. The fourth-order valence-electron chi connectivity index (χ4n) is 4.26. The van der Waals surface area contributed by atoms with Gasteiger partial charge in [0.05, 0.1) is 18.5 Å². The first-order chi connectivity index (χ1) is 16.9. The SMILES string of the molecule is COc1ccc(CNC(=O)[C@@]2(C)Cn3nc(-c4cccs4)cc3C(=O)N2c2cccc(F)c2)cc1. The summed E-state index contributed by atoms with van der Waals surface area (Å²) in [5, 5.41) is 9.49. The molecule has 1 aliphatic rings. The van der Waals surface area contributed by atoms with Crippen molar-refractivity contribution in [3.05, 3.63) is 89.2 Å². The van der Waals surface area contributed by atoms with Gasteiger partial charge in [-0.15, -0.1) is 11.3 Å². The molecule has 1 atom stereocenters. The number of hydrogen-bond donors (Lipinski definition) is 1. The van der Waals surface area contributed by atoms with Crippen LogP contribution in [0.15, 0.2) is 72.1 Å². The summed E-state index contributed by atoms with van der Waals surface area (Å²) in [7, 11) is 1.59. The molecule has 0 saturated carbocycles. The fraction of sp³-hybridized carbons (Fsp3) is 0.192. The van der Waals surface area contributed by atoms with E-state index < -0.39 is 17.3 Å². The van der Waals surface area contributed by atoms with Gasteiger partial charge in [-0.3, -0.25) is 19.2 Å². The zero-order chi connectivity index (χ0) is 24.6. The third kappa shape index (κ3) is 4.19. The molecule has 4 aromatic rings. The maximum Gasteiger partial charge on any atom is 0.277 e. The number of nitrogens with zero attached hydrogens (tertiary/aromatic N) is 3. The average Bonchev–Trinajstić information content (AvgIpc) is 3.53. The fourth-order valence-corrected chi connectivity index (χ4v) is 4.94. The normalized spacial score (nSPS) is 17.2. The van der Waals surface area contributed by atoms with E-state index in [2.05, 4.69) is 10.4 Å². The monoisotopic (exact) mass is 490 g/mol. The number of halogens is 1. The number of rotatable bonds is 6. The van der Waals surface area contributed by atoms with Gasteiger partial charge in [0.1, 0.15) is 28.5 Å². The van der Waals surface area contributed by atoms with E-state index in [0.717, 1.165) is 16.2 Å². The topological polar surface area (TPSA) is 76.5 Å². The van der Waals surface area contributed by atoms with E-state index in [1.807, 2.05) is 41.8 Å². The minimum Gasteiger partial charge on any atom is -0.497 e. The number of hydrogen-bond acceptors (Lipinski definition) is 5. The molecule has 0 fully saturated rings. The van der Waals surface area contributed by atoms with Crippen LogP contribution < -0.4 is 15.0 Å². The molecule has 0 aliphatic carbocycles. The molecular weight excluding hydrogens is 467 g/mol. The number of ether oxygens (including phenoxy) is 1. The number of methoxy groups -OCH3 is 1. The van der Waals surface area contributed by atoms with Crippen LogP contribution in [0.5, 0.6) is 5.75 Å². The average molecular weight is 491 g/mol. The summed E-state index contributed by atoms with van der Waals surface area (Å²) in [6.45, 7) is 2.05. The van der Waals surface area contributed by atoms with Crippen LogP contribution in [-0.2, 0) is 17.9 Å². The van der Waals surface area contributed by atoms with E-state index in [0.29, 0.717) is 17.1 Å². The van der Waals surface area contributed by atoms with Gasteiger partial charge in [-0.1, -0.05) is 24.3 Å². The highest BCUT2D eigenvalue weighted by molar-refractivity contribution is 7.13. The van der Waals surface area contributed by atoms with Gasteiger partial charge in [0.25, 0.3) is 5.91 Å². The lowest BCUT2D eigenvalue weighted by Gasteiger charge is -2.43. The van der Waals surface area contributed by atoms with E-state index in [4.69, 9.17) is 4.74 Å². The van der Waals surface area contributed by atoms with Crippen LogP contribution in [0.2, 0.25) is 0 Å². The molecule has 2 amide bonds. The molecule has 2 aromatic heterocycles. The van der Waals surface area contributed by atoms with Crippen molar-refractivity contribution in [2.45, 2.75) is 25.6 Å². The van der Waals surface area contributed by atoms with Crippen LogP contribution in [0.3, 0.4) is 0 Å². The summed E-state index contributed by atoms with van der Waals surface area (Å²) >= 11 is 1.52. The van der Waals surface area contributed by atoms with Crippen LogP contribution in [0, 0.1) is 5.82 Å². The van der Waals surface area contributed by atoms with Crippen molar-refractivity contribution in [2.24, 2.45) is 0 Å². The van der Waals surface area contributed by atoms with Crippen LogP contribution >= 0.6 is 11.3 Å². The van der Waals surface area contributed by atoms with Crippen LogP contribution in [0.25, 0.3) is 10.6 Å². The highest BCUT2D eigenvalue weighted by Crippen LogP contribution is 2.35. The number of benzene rings is 2. The maximum absolute atomic E-state index is 14.2. The maximum atomic E-state index is 14.2. The summed E-state index contributed by atoms with van der Waals surface area (Å²) in [6, 6.07) is 18.6. The van der Waals surface area contributed by atoms with Crippen molar-refractivity contribution >= 4 is 28.8 Å². The van der Waals surface area contributed by atoms with Gasteiger partial charge in [-0.05, 0) is 60.3 Å². The molecule has 178 valence electrons. The Kier molecular flexibility index (Phi) is 5.86. The molecule has 1 N–H and O–H groups in total. The Morgan fingerprint density at radius 3 is 2.66 bits per heavy atom. The third-order valence-corrected chi connectivity index (χ3v) is 6.99. The van der Waals surface area contributed by atoms with Crippen LogP contribution in [0.1, 0.15) is 23.0 Å². The zero-order valence-electron chi connectivity index (χ0n) is 19.2. The van der Waals surface area contributed by atoms with Crippen molar-refractivity contribution < 1.29 is 18.7 Å². The number of aromatic nitrogens is 2. The Hall–Kier alpha value is -3.98. The van der Waals surface area contributed by atoms with Gasteiger partial charge in [0.2, 0.25) is 5.91 Å². The molecule has 0 bridgehead atoms. The molecule has 0 radical (unpaired) electrons. The van der Waals surface area contributed by atoms with Crippen LogP contribution in [0.4, 0.5) is 10.1 Å². The lowest BCUT2D eigenvalue weighted by molar-refractivity contribution is -0.126. The third-order valence-electron chi connectivity index (χ3n) is 6.09. The lowest BCUT2D eigenvalue weighted by Crippen LogP contribution is -2.64. The summed E-state index contributed by atoms with van der Waals surface area (Å²) in [5.41, 5.74) is 0.844. The number of anilines is 1. The molecule has 7 nitrogen and oxygen atoms in total. The van der Waals surface area contributed by atoms with Gasteiger partial charge in [0.15, 0.2) is 0 Å². The first-order valence-electron chi connectivity index (χ1n) is 11.0. The number of thiophene rings is 1. The number of fused-ring (bicyclic) bond motifs is 1. The van der Waals surface area contributed by atoms with Crippen molar-refractivity contribution in [1.82, 2.24) is 15.1 Å². The first-order valence-corrected chi connectivity index (χ1v) is 11.9. The van der Waals surface area contributed by atoms with Crippen molar-refractivity contribution in [2.75, 3.05) is 12.0 Å². The molecule has 3 heterocycles. The van der Waals surface area contributed by atoms with Crippen molar-refractivity contribution in [3.8, 4) is 16.3 Å². The van der Waals surface area contributed by atoms with E-state index in [9.17, 15) is 14.0 Å². The zero-order valence-corrected chi connectivity index (χ0v) is 20.0. The predicted octanol–water partition coefficient (Wildman–Crippen LogP) is 4.49. The Labute approximate surface area is 205 Å². The molecule has 0 saturated heterocycles. The largest absolute Gasteiger partial charge is 0.497 e. The Bertz CT molecular complexity index is 1380. The summed E-state index contributed by atoms with van der Waals surface area (Å²) in [6.07, 6.45) is 0. The smallest absolute Gasteiger partial charge is 0.277 e. The van der Waals surface area contributed by atoms with Crippen LogP contribution in [-0.4, -0.2) is 34.2 Å². The number of amides is 2. The van der Waals surface area contributed by atoms with E-state index in [1.165, 1.54) is 34.4 Å². The Balaban J connectivity index is 1.50. The van der Waals surface area contributed by atoms with Gasteiger partial charge >= 0.3 is 0 Å². The predicted molar refractivity (Wildman–Crippen MR) is 132 cm³/mol. The van der Waals surface area contributed by atoms with E-state index >= 15 is 0 Å². The second-order valence-corrected chi connectivity index (χ2v) is 9.42. The molecule has 35 heavy (non-hydrogen) atoms. The van der Waals surface area contributed by atoms with E-state index in [-0.39, 0.29) is 19.0 Å². The van der Waals surface area contributed by atoms with Gasteiger partial charge in [-0.25, -0.2) is 4.39 Å². The summed E-state index contributed by atoms with van der Waals surface area (Å²) in [5.74, 6) is -0.561. The molecule has 1 aliphatic heterocycles. The Morgan fingerprint density at radius 1 is 1.17 bits per heavy atom. The summed E-state index contributed by atoms with van der Waals surface area (Å²) in [4.78, 5) is 29.6. The second-order valence-electron chi connectivity index (χ2n) is 8.47. The minimum absolute atomic E-state index is 0.115. The molecule has 0 unspecified atom stereocenters. The lowest BCUT2D eigenvalue weighted by atomic mass is 9.93. The summed E-state index contributed by atoms with van der Waals surface area (Å²) < 4.78 is 20.9. The number of carbonyl (C=O) groups is 2. The number of carbonyl (C=O) groups excluding carboxylic acids is 2. The molecule has 5 rings (SSSR count). The molecule has 0 spiro atoms. The molecular formula is C26H23FN4O3S. The quantitative estimate of drug-likeness (QED) is 0.432. The Morgan fingerprint density at radius 2 is 1.97 bits per heavy atom. The standard InChI is InChI=1S/C26H23FN4O3S/c1-26(25(33)28-15-17-8-10-20(34-2)11-9-17)16-30-22(14-21(29-30)23-7-4-12-35-23)24(32)31(26)19-6-3-5-18(27)13-19/h3-14H,15-16H2,1-2H3,(H,28,33)/t26-/m1/s1. The highest BCUT2D eigenvalue weighted by atomic mass is 32.1. The molecule has 9 heteroatoms. The molecule has 2 aromatic carbocycles. The number of nitrogens with one attached hydrogen (secondary N) is 1. The van der Waals surface area contributed by atoms with Gasteiger partial charge in [-0.2, -0.15) is 5.10 Å². The first kappa shape index (κ1) is 22.8. The second kappa shape index (κ2) is 8.99.